The third-order valence-corrected chi connectivity index (χ3v) is 4.74. The van der Waals surface area contributed by atoms with Gasteiger partial charge < -0.3 is 15.3 Å². The van der Waals surface area contributed by atoms with Gasteiger partial charge in [-0.25, -0.2) is 0 Å². The lowest BCUT2D eigenvalue weighted by Crippen LogP contribution is -2.46. The van der Waals surface area contributed by atoms with Gasteiger partial charge >= 0.3 is 0 Å². The molecule has 1 aliphatic rings. The molecule has 1 heterocycles. The van der Waals surface area contributed by atoms with E-state index in [1.165, 1.54) is 12.8 Å². The van der Waals surface area contributed by atoms with Gasteiger partial charge in [0.15, 0.2) is 0 Å². The molecule has 1 aromatic rings. The summed E-state index contributed by atoms with van der Waals surface area (Å²) in [5, 5.41) is 13.3. The van der Waals surface area contributed by atoms with Crippen LogP contribution in [0.2, 0.25) is 0 Å². The van der Waals surface area contributed by atoms with Gasteiger partial charge in [-0.3, -0.25) is 4.79 Å². The summed E-state index contributed by atoms with van der Waals surface area (Å²) in [4.78, 5) is 14.6. The zero-order chi connectivity index (χ0) is 15.2. The van der Waals surface area contributed by atoms with E-state index in [1.54, 1.807) is 18.2 Å². The monoisotopic (exact) mass is 402 g/mol. The molecular formula is C16H23IN2O2. The number of amides is 1. The number of hydrogen-bond acceptors (Lipinski definition) is 3. The van der Waals surface area contributed by atoms with Crippen molar-refractivity contribution >= 4 is 28.5 Å². The number of aromatic hydroxyl groups is 1. The highest BCUT2D eigenvalue weighted by Gasteiger charge is 2.21. The summed E-state index contributed by atoms with van der Waals surface area (Å²) in [6, 6.07) is 5.54. The highest BCUT2D eigenvalue weighted by atomic mass is 127. The maximum absolute atomic E-state index is 12.7. The van der Waals surface area contributed by atoms with Crippen molar-refractivity contribution in [1.82, 2.24) is 10.2 Å². The molecule has 1 aliphatic heterocycles. The highest BCUT2D eigenvalue weighted by molar-refractivity contribution is 14.1. The normalized spacial score (nSPS) is 18.5. The second-order valence-corrected chi connectivity index (χ2v) is 6.73. The molecule has 0 radical (unpaired) electrons. The lowest BCUT2D eigenvalue weighted by molar-refractivity contribution is 0.0731. The van der Waals surface area contributed by atoms with E-state index in [2.05, 4.69) is 34.8 Å². The predicted molar refractivity (Wildman–Crippen MR) is 92.7 cm³/mol. The predicted octanol–water partition coefficient (Wildman–Crippen LogP) is 2.99. The minimum absolute atomic E-state index is 0.0101. The molecule has 0 bridgehead atoms. The molecule has 1 atom stereocenters. The molecule has 21 heavy (non-hydrogen) atoms. The first-order valence-electron chi connectivity index (χ1n) is 7.63. The van der Waals surface area contributed by atoms with Crippen LogP contribution in [0.1, 0.15) is 43.0 Å². The zero-order valence-electron chi connectivity index (χ0n) is 12.4. The van der Waals surface area contributed by atoms with Gasteiger partial charge in [-0.15, -0.1) is 0 Å². The van der Waals surface area contributed by atoms with E-state index in [4.69, 9.17) is 0 Å². The van der Waals surface area contributed by atoms with Crippen molar-refractivity contribution in [2.75, 3.05) is 19.6 Å². The van der Waals surface area contributed by atoms with Crippen LogP contribution in [0.4, 0.5) is 0 Å². The Balaban J connectivity index is 2.08. The minimum Gasteiger partial charge on any atom is -0.507 e. The largest absolute Gasteiger partial charge is 0.507 e. The summed E-state index contributed by atoms with van der Waals surface area (Å²) in [5.41, 5.74) is 0.567. The molecular weight excluding hydrogens is 379 g/mol. The van der Waals surface area contributed by atoms with Crippen LogP contribution in [0.3, 0.4) is 0 Å². The number of benzene rings is 1. The van der Waals surface area contributed by atoms with E-state index in [9.17, 15) is 9.90 Å². The van der Waals surface area contributed by atoms with E-state index in [0.717, 1.165) is 36.0 Å². The number of carbonyl (C=O) groups is 1. The molecule has 0 spiro atoms. The van der Waals surface area contributed by atoms with Gasteiger partial charge in [-0.2, -0.15) is 0 Å². The third-order valence-electron chi connectivity index (χ3n) is 3.83. The van der Waals surface area contributed by atoms with Gasteiger partial charge in [0.05, 0.1) is 3.57 Å². The number of phenolic OH excluding ortho intramolecular Hbond substituents is 1. The smallest absolute Gasteiger partial charge is 0.254 e. The molecule has 2 N–H and O–H groups in total. The van der Waals surface area contributed by atoms with Crippen LogP contribution in [0, 0.1) is 3.57 Å². The molecule has 0 aliphatic carbocycles. The van der Waals surface area contributed by atoms with E-state index >= 15 is 0 Å². The number of piperidine rings is 1. The molecule has 1 amide bonds. The lowest BCUT2D eigenvalue weighted by atomic mass is 10.0. The molecule has 0 aromatic heterocycles. The lowest BCUT2D eigenvalue weighted by Gasteiger charge is -2.30. The molecule has 1 unspecified atom stereocenters. The third kappa shape index (κ3) is 4.57. The number of halogens is 1. The Morgan fingerprint density at radius 1 is 1.48 bits per heavy atom. The van der Waals surface area contributed by atoms with Crippen molar-refractivity contribution in [1.29, 1.82) is 0 Å². The Bertz CT molecular complexity index is 487. The first kappa shape index (κ1) is 16.5. The number of hydrogen-bond donors (Lipinski definition) is 2. The van der Waals surface area contributed by atoms with Crippen molar-refractivity contribution in [2.24, 2.45) is 0 Å². The molecule has 1 aromatic carbocycles. The summed E-state index contributed by atoms with van der Waals surface area (Å²) in [6.45, 7) is 4.63. The zero-order valence-corrected chi connectivity index (χ0v) is 14.6. The second kappa shape index (κ2) is 7.98. The SMILES string of the molecule is CCCN(CC1CCCCN1)C(=O)c1ccc(I)c(O)c1. The van der Waals surface area contributed by atoms with Gasteiger partial charge in [0.25, 0.3) is 5.91 Å². The fraction of sp³-hybridized carbons (Fsp3) is 0.562. The molecule has 1 saturated heterocycles. The van der Waals surface area contributed by atoms with E-state index in [1.807, 2.05) is 4.90 Å². The number of phenols is 1. The van der Waals surface area contributed by atoms with Gasteiger partial charge in [0, 0.05) is 24.7 Å². The second-order valence-electron chi connectivity index (χ2n) is 5.56. The Morgan fingerprint density at radius 3 is 2.90 bits per heavy atom. The first-order chi connectivity index (χ1) is 10.1. The van der Waals surface area contributed by atoms with Crippen LogP contribution >= 0.6 is 22.6 Å². The standard InChI is InChI=1S/C16H23IN2O2/c1-2-9-19(11-13-5-3-4-8-18-13)16(21)12-6-7-14(17)15(20)10-12/h6-7,10,13,18,20H,2-5,8-9,11H2,1H3. The van der Waals surface area contributed by atoms with Crippen LogP contribution < -0.4 is 5.32 Å². The van der Waals surface area contributed by atoms with Crippen molar-refractivity contribution in [3.05, 3.63) is 27.3 Å². The summed E-state index contributed by atoms with van der Waals surface area (Å²) >= 11 is 2.06. The average Bonchev–Trinajstić information content (AvgIpc) is 2.50. The minimum atomic E-state index is 0.0101. The molecule has 0 saturated carbocycles. The maximum Gasteiger partial charge on any atom is 0.254 e. The molecule has 5 heteroatoms. The summed E-state index contributed by atoms with van der Waals surface area (Å²) in [6.07, 6.45) is 4.53. The molecule has 1 fully saturated rings. The summed E-state index contributed by atoms with van der Waals surface area (Å²) in [7, 11) is 0. The number of nitrogens with zero attached hydrogens (tertiary/aromatic N) is 1. The van der Waals surface area contributed by atoms with Gasteiger partial charge in [-0.05, 0) is 66.6 Å². The van der Waals surface area contributed by atoms with E-state index in [0.29, 0.717) is 11.6 Å². The Kier molecular flexibility index (Phi) is 6.29. The van der Waals surface area contributed by atoms with Crippen molar-refractivity contribution < 1.29 is 9.90 Å². The Labute approximate surface area is 140 Å². The van der Waals surface area contributed by atoms with Crippen LogP contribution in [0.15, 0.2) is 18.2 Å². The van der Waals surface area contributed by atoms with Gasteiger partial charge in [-0.1, -0.05) is 13.3 Å². The van der Waals surface area contributed by atoms with Crippen LogP contribution in [-0.4, -0.2) is 41.6 Å². The van der Waals surface area contributed by atoms with Crippen molar-refractivity contribution in [2.45, 2.75) is 38.6 Å². The Morgan fingerprint density at radius 2 is 2.29 bits per heavy atom. The maximum atomic E-state index is 12.7. The quantitative estimate of drug-likeness (QED) is 0.745. The highest BCUT2D eigenvalue weighted by Crippen LogP contribution is 2.21. The summed E-state index contributed by atoms with van der Waals surface area (Å²) < 4.78 is 0.764. The average molecular weight is 402 g/mol. The topological polar surface area (TPSA) is 52.6 Å². The van der Waals surface area contributed by atoms with E-state index < -0.39 is 0 Å². The fourth-order valence-corrected chi connectivity index (χ4v) is 3.06. The molecule has 116 valence electrons. The van der Waals surface area contributed by atoms with Crippen LogP contribution in [0.25, 0.3) is 0 Å². The van der Waals surface area contributed by atoms with Crippen LogP contribution in [-0.2, 0) is 0 Å². The van der Waals surface area contributed by atoms with Gasteiger partial charge in [0.1, 0.15) is 5.75 Å². The number of nitrogens with one attached hydrogen (secondary N) is 1. The first-order valence-corrected chi connectivity index (χ1v) is 8.71. The molecule has 4 nitrogen and oxygen atoms in total. The van der Waals surface area contributed by atoms with E-state index in [-0.39, 0.29) is 11.7 Å². The van der Waals surface area contributed by atoms with Crippen molar-refractivity contribution in [3.63, 3.8) is 0 Å². The molecule has 2 rings (SSSR count). The number of carbonyl (C=O) groups excluding carboxylic acids is 1. The summed E-state index contributed by atoms with van der Waals surface area (Å²) in [5.74, 6) is 0.185. The van der Waals surface area contributed by atoms with Gasteiger partial charge in [0.2, 0.25) is 0 Å². The van der Waals surface area contributed by atoms with Crippen molar-refractivity contribution in [3.8, 4) is 5.75 Å². The Hall–Kier alpha value is -0.820. The van der Waals surface area contributed by atoms with Crippen LogP contribution in [0.5, 0.6) is 5.75 Å². The fourth-order valence-electron chi connectivity index (χ4n) is 2.72. The number of rotatable bonds is 5.